The van der Waals surface area contributed by atoms with Gasteiger partial charge in [0.05, 0.1) is 18.0 Å². The Labute approximate surface area is 101 Å². The number of aliphatic carboxylic acids is 1. The van der Waals surface area contributed by atoms with Crippen molar-refractivity contribution in [2.75, 3.05) is 6.54 Å². The maximum Gasteiger partial charge on any atom is 0.305 e. The lowest BCUT2D eigenvalue weighted by molar-refractivity contribution is -0.140. The Morgan fingerprint density at radius 1 is 1.29 bits per heavy atom. The number of carboxylic acids is 1. The Hall–Kier alpha value is -1.10. The number of hydrogen-bond donors (Lipinski definition) is 3. The molecule has 1 atom stereocenters. The minimum Gasteiger partial charge on any atom is -0.481 e. The van der Waals surface area contributed by atoms with Gasteiger partial charge in [-0.3, -0.25) is 9.59 Å². The van der Waals surface area contributed by atoms with Gasteiger partial charge < -0.3 is 15.7 Å². The summed E-state index contributed by atoms with van der Waals surface area (Å²) in [6, 6.07) is -0.130. The molecule has 0 bridgehead atoms. The molecule has 1 amide bonds. The molecule has 2 fully saturated rings. The lowest BCUT2D eigenvalue weighted by Gasteiger charge is -2.42. The highest BCUT2D eigenvalue weighted by molar-refractivity contribution is 5.83. The molecule has 0 aromatic rings. The fourth-order valence-corrected chi connectivity index (χ4v) is 2.66. The molecule has 2 rings (SSSR count). The molecule has 3 N–H and O–H groups in total. The SMILES string of the molecule is O=C(O)CC1(NC(=O)[C@@H]2CCCCN2)CCC1. The van der Waals surface area contributed by atoms with Crippen molar-refractivity contribution in [3.63, 3.8) is 0 Å². The highest BCUT2D eigenvalue weighted by Crippen LogP contribution is 2.35. The van der Waals surface area contributed by atoms with E-state index in [2.05, 4.69) is 10.6 Å². The number of amides is 1. The molecule has 1 aliphatic heterocycles. The van der Waals surface area contributed by atoms with Gasteiger partial charge in [0.2, 0.25) is 5.91 Å². The summed E-state index contributed by atoms with van der Waals surface area (Å²) in [6.07, 6.45) is 5.67. The van der Waals surface area contributed by atoms with Crippen molar-refractivity contribution in [1.82, 2.24) is 10.6 Å². The van der Waals surface area contributed by atoms with Gasteiger partial charge in [-0.15, -0.1) is 0 Å². The van der Waals surface area contributed by atoms with Crippen LogP contribution in [0.3, 0.4) is 0 Å². The molecule has 0 radical (unpaired) electrons. The molecular weight excluding hydrogens is 220 g/mol. The van der Waals surface area contributed by atoms with Crippen LogP contribution in [0, 0.1) is 0 Å². The molecule has 0 aromatic carbocycles. The van der Waals surface area contributed by atoms with Gasteiger partial charge in [-0.1, -0.05) is 6.42 Å². The van der Waals surface area contributed by atoms with Crippen LogP contribution in [0.15, 0.2) is 0 Å². The predicted octanol–water partition coefficient (Wildman–Crippen LogP) is 0.642. The lowest BCUT2D eigenvalue weighted by atomic mass is 9.74. The van der Waals surface area contributed by atoms with Gasteiger partial charge in [0.1, 0.15) is 0 Å². The largest absolute Gasteiger partial charge is 0.481 e. The first-order chi connectivity index (χ1) is 8.11. The summed E-state index contributed by atoms with van der Waals surface area (Å²) < 4.78 is 0. The van der Waals surface area contributed by atoms with Crippen LogP contribution < -0.4 is 10.6 Å². The molecule has 17 heavy (non-hydrogen) atoms. The Morgan fingerprint density at radius 2 is 2.06 bits per heavy atom. The second-order valence-electron chi connectivity index (χ2n) is 5.20. The standard InChI is InChI=1S/C12H20N2O3/c15-10(16)8-12(5-3-6-12)14-11(17)9-4-1-2-7-13-9/h9,13H,1-8H2,(H,14,17)(H,15,16)/t9-/m0/s1. The van der Waals surface area contributed by atoms with Gasteiger partial charge in [-0.2, -0.15) is 0 Å². The van der Waals surface area contributed by atoms with Gasteiger partial charge in [0, 0.05) is 0 Å². The van der Waals surface area contributed by atoms with E-state index < -0.39 is 11.5 Å². The number of carboxylic acid groups (broad SMARTS) is 1. The zero-order chi connectivity index (χ0) is 12.3. The number of rotatable bonds is 4. The summed E-state index contributed by atoms with van der Waals surface area (Å²) >= 11 is 0. The van der Waals surface area contributed by atoms with Gasteiger partial charge in [0.15, 0.2) is 0 Å². The van der Waals surface area contributed by atoms with E-state index in [9.17, 15) is 9.59 Å². The summed E-state index contributed by atoms with van der Waals surface area (Å²) in [6.45, 7) is 0.879. The highest BCUT2D eigenvalue weighted by Gasteiger charge is 2.41. The van der Waals surface area contributed by atoms with E-state index >= 15 is 0 Å². The van der Waals surface area contributed by atoms with Crippen molar-refractivity contribution in [3.8, 4) is 0 Å². The van der Waals surface area contributed by atoms with Crippen molar-refractivity contribution in [3.05, 3.63) is 0 Å². The van der Waals surface area contributed by atoms with Crippen LogP contribution in [-0.4, -0.2) is 35.1 Å². The van der Waals surface area contributed by atoms with Crippen LogP contribution in [0.25, 0.3) is 0 Å². The zero-order valence-electron chi connectivity index (χ0n) is 10.00. The second-order valence-corrected chi connectivity index (χ2v) is 5.20. The molecule has 1 aliphatic carbocycles. The van der Waals surface area contributed by atoms with Crippen LogP contribution in [0.4, 0.5) is 0 Å². The predicted molar refractivity (Wildman–Crippen MR) is 62.6 cm³/mol. The molecule has 1 saturated carbocycles. The smallest absolute Gasteiger partial charge is 0.305 e. The van der Waals surface area contributed by atoms with Crippen molar-refractivity contribution in [2.24, 2.45) is 0 Å². The molecule has 5 heteroatoms. The molecule has 0 aromatic heterocycles. The quantitative estimate of drug-likeness (QED) is 0.674. The normalized spacial score (nSPS) is 26.9. The van der Waals surface area contributed by atoms with Gasteiger partial charge in [0.25, 0.3) is 0 Å². The average molecular weight is 240 g/mol. The van der Waals surface area contributed by atoms with E-state index in [4.69, 9.17) is 5.11 Å². The topological polar surface area (TPSA) is 78.4 Å². The molecule has 1 saturated heterocycles. The first kappa shape index (κ1) is 12.4. The van der Waals surface area contributed by atoms with Crippen molar-refractivity contribution >= 4 is 11.9 Å². The van der Waals surface area contributed by atoms with E-state index in [0.29, 0.717) is 0 Å². The molecule has 2 aliphatic rings. The number of carbonyl (C=O) groups is 2. The van der Waals surface area contributed by atoms with Crippen LogP contribution in [-0.2, 0) is 9.59 Å². The summed E-state index contributed by atoms with van der Waals surface area (Å²) in [4.78, 5) is 22.8. The van der Waals surface area contributed by atoms with Crippen molar-refractivity contribution < 1.29 is 14.7 Å². The number of piperidine rings is 1. The summed E-state index contributed by atoms with van der Waals surface area (Å²) in [7, 11) is 0. The zero-order valence-corrected chi connectivity index (χ0v) is 10.00. The fourth-order valence-electron chi connectivity index (χ4n) is 2.66. The van der Waals surface area contributed by atoms with Crippen molar-refractivity contribution in [2.45, 2.75) is 56.5 Å². The Balaban J connectivity index is 1.89. The third kappa shape index (κ3) is 2.97. The minimum atomic E-state index is -0.832. The molecule has 1 heterocycles. The van der Waals surface area contributed by atoms with E-state index in [1.807, 2.05) is 0 Å². The second kappa shape index (κ2) is 5.04. The lowest BCUT2D eigenvalue weighted by Crippen LogP contribution is -2.59. The third-order valence-electron chi connectivity index (χ3n) is 3.82. The van der Waals surface area contributed by atoms with E-state index in [-0.39, 0.29) is 18.4 Å². The van der Waals surface area contributed by atoms with Gasteiger partial charge >= 0.3 is 5.97 Å². The van der Waals surface area contributed by atoms with Gasteiger partial charge in [-0.05, 0) is 38.6 Å². The maximum atomic E-state index is 12.0. The molecule has 0 unspecified atom stereocenters. The van der Waals surface area contributed by atoms with Crippen LogP contribution in [0.2, 0.25) is 0 Å². The maximum absolute atomic E-state index is 12.0. The summed E-state index contributed by atoms with van der Waals surface area (Å²) in [5, 5.41) is 15.0. The first-order valence-corrected chi connectivity index (χ1v) is 6.39. The Morgan fingerprint density at radius 3 is 2.53 bits per heavy atom. The molecule has 96 valence electrons. The van der Waals surface area contributed by atoms with Crippen LogP contribution >= 0.6 is 0 Å². The first-order valence-electron chi connectivity index (χ1n) is 6.39. The molecule has 0 spiro atoms. The third-order valence-corrected chi connectivity index (χ3v) is 3.82. The summed E-state index contributed by atoms with van der Waals surface area (Å²) in [5.41, 5.74) is -0.470. The van der Waals surface area contributed by atoms with E-state index in [0.717, 1.165) is 45.1 Å². The Bertz CT molecular complexity index is 307. The average Bonchev–Trinajstić information content (AvgIpc) is 2.26. The monoisotopic (exact) mass is 240 g/mol. The minimum absolute atomic E-state index is 0.0225. The van der Waals surface area contributed by atoms with Gasteiger partial charge in [-0.25, -0.2) is 0 Å². The number of carbonyl (C=O) groups excluding carboxylic acids is 1. The fraction of sp³-hybridized carbons (Fsp3) is 0.833. The van der Waals surface area contributed by atoms with E-state index in [1.54, 1.807) is 0 Å². The van der Waals surface area contributed by atoms with Crippen LogP contribution in [0.1, 0.15) is 44.9 Å². The summed E-state index contributed by atoms with van der Waals surface area (Å²) in [5.74, 6) is -0.854. The number of nitrogens with one attached hydrogen (secondary N) is 2. The van der Waals surface area contributed by atoms with E-state index in [1.165, 1.54) is 0 Å². The molecular formula is C12H20N2O3. The highest BCUT2D eigenvalue weighted by atomic mass is 16.4. The Kier molecular flexibility index (Phi) is 3.66. The van der Waals surface area contributed by atoms with Crippen LogP contribution in [0.5, 0.6) is 0 Å². The van der Waals surface area contributed by atoms with Crippen molar-refractivity contribution in [1.29, 1.82) is 0 Å². The number of hydrogen-bond acceptors (Lipinski definition) is 3. The molecule has 5 nitrogen and oxygen atoms in total.